The standard InChI is InChI=1S/C24H31N3O3S2Si/c1-15(2)33(16(3)4,17(5)6)13-11-18-19-14-25-24(32(8,29)30)26-22(19)27(7)23(28)21(18)20-10-9-12-31-20/h9-10,12,14-17H,1-8H3. The topological polar surface area (TPSA) is 81.9 Å². The van der Waals surface area contributed by atoms with Crippen molar-refractivity contribution in [3.8, 4) is 21.9 Å². The summed E-state index contributed by atoms with van der Waals surface area (Å²) in [5, 5.41) is 2.21. The Morgan fingerprint density at radius 3 is 2.18 bits per heavy atom. The Bertz CT molecular complexity index is 1390. The molecule has 6 nitrogen and oxygen atoms in total. The molecule has 0 amide bonds. The van der Waals surface area contributed by atoms with Crippen LogP contribution in [-0.4, -0.2) is 37.3 Å². The van der Waals surface area contributed by atoms with Gasteiger partial charge in [-0.15, -0.1) is 16.9 Å². The van der Waals surface area contributed by atoms with Gasteiger partial charge in [0.1, 0.15) is 13.7 Å². The molecule has 0 spiro atoms. The van der Waals surface area contributed by atoms with Gasteiger partial charge in [-0.3, -0.25) is 9.36 Å². The maximum atomic E-state index is 13.5. The van der Waals surface area contributed by atoms with E-state index in [0.717, 1.165) is 11.1 Å². The summed E-state index contributed by atoms with van der Waals surface area (Å²) in [5.74, 6) is 3.43. The summed E-state index contributed by atoms with van der Waals surface area (Å²) in [4.78, 5) is 22.7. The number of hydrogen-bond donors (Lipinski definition) is 0. The summed E-state index contributed by atoms with van der Waals surface area (Å²) in [5.41, 5.74) is 6.11. The second-order valence-corrected chi connectivity index (χ2v) is 17.8. The van der Waals surface area contributed by atoms with E-state index in [-0.39, 0.29) is 16.4 Å². The van der Waals surface area contributed by atoms with Gasteiger partial charge in [-0.1, -0.05) is 53.5 Å². The van der Waals surface area contributed by atoms with Crippen LogP contribution in [0.2, 0.25) is 16.6 Å². The van der Waals surface area contributed by atoms with Crippen LogP contribution in [0, 0.1) is 11.5 Å². The molecule has 33 heavy (non-hydrogen) atoms. The summed E-state index contributed by atoms with van der Waals surface area (Å²) >= 11 is 1.47. The smallest absolute Gasteiger partial charge is 0.261 e. The Morgan fingerprint density at radius 1 is 1.09 bits per heavy atom. The molecule has 0 atom stereocenters. The van der Waals surface area contributed by atoms with E-state index in [4.69, 9.17) is 0 Å². The lowest BCUT2D eigenvalue weighted by molar-refractivity contribution is 0.593. The molecule has 3 rings (SSSR count). The van der Waals surface area contributed by atoms with Gasteiger partial charge in [-0.25, -0.2) is 13.4 Å². The van der Waals surface area contributed by atoms with E-state index < -0.39 is 17.9 Å². The van der Waals surface area contributed by atoms with E-state index in [9.17, 15) is 13.2 Å². The highest BCUT2D eigenvalue weighted by atomic mass is 32.2. The molecule has 3 aromatic heterocycles. The predicted octanol–water partition coefficient (Wildman–Crippen LogP) is 5.03. The van der Waals surface area contributed by atoms with Crippen LogP contribution in [0.4, 0.5) is 0 Å². The van der Waals surface area contributed by atoms with Crippen molar-refractivity contribution in [3.63, 3.8) is 0 Å². The number of aromatic nitrogens is 3. The quantitative estimate of drug-likeness (QED) is 0.278. The van der Waals surface area contributed by atoms with Crippen LogP contribution in [0.3, 0.4) is 0 Å². The molecule has 0 N–H and O–H groups in total. The van der Waals surface area contributed by atoms with Gasteiger partial charge in [-0.05, 0) is 28.1 Å². The van der Waals surface area contributed by atoms with Gasteiger partial charge >= 0.3 is 0 Å². The molecule has 0 aliphatic carbocycles. The molecule has 0 bridgehead atoms. The first-order chi connectivity index (χ1) is 15.3. The van der Waals surface area contributed by atoms with Gasteiger partial charge in [-0.2, -0.15) is 4.98 Å². The second-order valence-electron chi connectivity index (χ2n) is 9.40. The minimum atomic E-state index is -3.62. The fraction of sp³-hybridized carbons (Fsp3) is 0.458. The second kappa shape index (κ2) is 9.16. The van der Waals surface area contributed by atoms with Crippen molar-refractivity contribution in [2.24, 2.45) is 7.05 Å². The largest absolute Gasteiger partial charge is 0.295 e. The van der Waals surface area contributed by atoms with E-state index in [1.165, 1.54) is 22.1 Å². The Balaban J connectivity index is 2.49. The monoisotopic (exact) mass is 501 g/mol. The molecule has 176 valence electrons. The van der Waals surface area contributed by atoms with E-state index in [1.807, 2.05) is 17.5 Å². The molecular formula is C24H31N3O3S2Si. The van der Waals surface area contributed by atoms with E-state index >= 15 is 0 Å². The molecule has 0 aliphatic rings. The zero-order chi connectivity index (χ0) is 24.7. The van der Waals surface area contributed by atoms with E-state index in [1.54, 1.807) is 7.05 Å². The first-order valence-electron chi connectivity index (χ1n) is 11.0. The predicted molar refractivity (Wildman–Crippen MR) is 139 cm³/mol. The van der Waals surface area contributed by atoms with Crippen LogP contribution in [-0.2, 0) is 16.9 Å². The summed E-state index contributed by atoms with van der Waals surface area (Å²) in [6.07, 6.45) is 2.55. The van der Waals surface area contributed by atoms with Gasteiger partial charge in [0.2, 0.25) is 15.0 Å². The molecule has 0 aliphatic heterocycles. The van der Waals surface area contributed by atoms with Crippen LogP contribution in [0.1, 0.15) is 47.1 Å². The Kier molecular flexibility index (Phi) is 7.04. The number of sulfone groups is 1. The molecule has 9 heteroatoms. The number of pyridine rings is 1. The van der Waals surface area contributed by atoms with Gasteiger partial charge in [0.15, 0.2) is 0 Å². The summed E-state index contributed by atoms with van der Waals surface area (Å²) < 4.78 is 25.5. The third kappa shape index (κ3) is 4.44. The Morgan fingerprint density at radius 2 is 1.70 bits per heavy atom. The first kappa shape index (κ1) is 25.3. The zero-order valence-electron chi connectivity index (χ0n) is 20.4. The average molecular weight is 502 g/mol. The number of fused-ring (bicyclic) bond motifs is 1. The number of thiophene rings is 1. The number of hydrogen-bond acceptors (Lipinski definition) is 6. The SMILES string of the molecule is CC(C)[Si](C#Cc1c(-c2cccs2)c(=O)n(C)c2nc(S(C)(=O)=O)ncc12)(C(C)C)C(C)C. The molecule has 0 aromatic carbocycles. The third-order valence-corrected chi connectivity index (χ3v) is 14.5. The van der Waals surface area contributed by atoms with Crippen molar-refractivity contribution in [3.05, 3.63) is 39.6 Å². The molecule has 0 fully saturated rings. The van der Waals surface area contributed by atoms with Crippen molar-refractivity contribution in [1.29, 1.82) is 0 Å². The van der Waals surface area contributed by atoms with Gasteiger partial charge in [0.25, 0.3) is 5.56 Å². The molecule has 3 heterocycles. The fourth-order valence-corrected chi connectivity index (χ4v) is 11.3. The number of rotatable bonds is 5. The lowest BCUT2D eigenvalue weighted by Gasteiger charge is -2.38. The lowest BCUT2D eigenvalue weighted by atomic mass is 10.1. The van der Waals surface area contributed by atoms with Crippen molar-refractivity contribution in [1.82, 2.24) is 14.5 Å². The molecule has 0 saturated heterocycles. The summed E-state index contributed by atoms with van der Waals surface area (Å²) in [6.45, 7) is 13.4. The van der Waals surface area contributed by atoms with Crippen molar-refractivity contribution >= 4 is 40.3 Å². The van der Waals surface area contributed by atoms with Crippen molar-refractivity contribution in [2.75, 3.05) is 6.26 Å². The van der Waals surface area contributed by atoms with Crippen LogP contribution in [0.5, 0.6) is 0 Å². The zero-order valence-corrected chi connectivity index (χ0v) is 23.1. The normalized spacial score (nSPS) is 12.6. The third-order valence-electron chi connectivity index (χ3n) is 6.47. The van der Waals surface area contributed by atoms with Gasteiger partial charge in [0.05, 0.1) is 16.5 Å². The van der Waals surface area contributed by atoms with Crippen LogP contribution in [0.15, 0.2) is 33.7 Å². The number of aryl methyl sites for hydroxylation is 1. The molecule has 3 aromatic rings. The van der Waals surface area contributed by atoms with E-state index in [0.29, 0.717) is 33.1 Å². The minimum absolute atomic E-state index is 0.252. The highest BCUT2D eigenvalue weighted by Gasteiger charge is 2.41. The lowest BCUT2D eigenvalue weighted by Crippen LogP contribution is -2.43. The Hall–Kier alpha value is -2.28. The van der Waals surface area contributed by atoms with E-state index in [2.05, 4.69) is 63.0 Å². The maximum absolute atomic E-state index is 13.5. The van der Waals surface area contributed by atoms with Crippen molar-refractivity contribution in [2.45, 2.75) is 63.3 Å². The van der Waals surface area contributed by atoms with Gasteiger partial charge in [0, 0.05) is 24.4 Å². The highest BCUT2D eigenvalue weighted by Crippen LogP contribution is 2.41. The summed E-state index contributed by atoms with van der Waals surface area (Å²) in [7, 11) is -4.10. The first-order valence-corrected chi connectivity index (χ1v) is 16.0. The van der Waals surface area contributed by atoms with Crippen LogP contribution < -0.4 is 5.56 Å². The number of nitrogens with zero attached hydrogens (tertiary/aromatic N) is 3. The highest BCUT2D eigenvalue weighted by molar-refractivity contribution is 7.90. The van der Waals surface area contributed by atoms with Crippen LogP contribution >= 0.6 is 11.3 Å². The fourth-order valence-electron chi connectivity index (χ4n) is 4.86. The van der Waals surface area contributed by atoms with Crippen molar-refractivity contribution < 1.29 is 8.42 Å². The molecular weight excluding hydrogens is 471 g/mol. The van der Waals surface area contributed by atoms with Crippen LogP contribution in [0.25, 0.3) is 21.5 Å². The minimum Gasteiger partial charge on any atom is -0.295 e. The average Bonchev–Trinajstić information content (AvgIpc) is 3.24. The Labute approximate surface area is 201 Å². The molecule has 0 unspecified atom stereocenters. The van der Waals surface area contributed by atoms with Gasteiger partial charge < -0.3 is 0 Å². The molecule has 0 saturated carbocycles. The summed E-state index contributed by atoms with van der Waals surface area (Å²) in [6, 6.07) is 3.81. The molecule has 0 radical (unpaired) electrons. The maximum Gasteiger partial charge on any atom is 0.261 e.